The van der Waals surface area contributed by atoms with Gasteiger partial charge in [-0.2, -0.15) is 0 Å². The highest BCUT2D eigenvalue weighted by Gasteiger charge is 2.19. The maximum Gasteiger partial charge on any atom is 0.335 e. The van der Waals surface area contributed by atoms with Crippen LogP contribution in [0.25, 0.3) is 0 Å². The van der Waals surface area contributed by atoms with E-state index in [9.17, 15) is 9.90 Å². The Bertz CT molecular complexity index is 496. The van der Waals surface area contributed by atoms with Gasteiger partial charge in [0.15, 0.2) is 0 Å². The Hall–Kier alpha value is -1.62. The fourth-order valence-electron chi connectivity index (χ4n) is 2.30. The number of hydrogen-bond donors (Lipinski definition) is 2. The second kappa shape index (κ2) is 6.89. The van der Waals surface area contributed by atoms with Crippen LogP contribution < -0.4 is 5.32 Å². The second-order valence-corrected chi connectivity index (χ2v) is 6.88. The fourth-order valence-corrected chi connectivity index (χ4v) is 2.30. The number of pyridine rings is 1. The lowest BCUT2D eigenvalue weighted by atomic mass is 9.93. The highest BCUT2D eigenvalue weighted by atomic mass is 16.4. The van der Waals surface area contributed by atoms with Gasteiger partial charge in [-0.15, -0.1) is 0 Å². The summed E-state index contributed by atoms with van der Waals surface area (Å²) in [5.74, 6) is -0.0973. The Morgan fingerprint density at radius 2 is 2.00 bits per heavy atom. The lowest BCUT2D eigenvalue weighted by Gasteiger charge is -2.28. The summed E-state index contributed by atoms with van der Waals surface area (Å²) in [6, 6.07) is 3.24. The largest absolute Gasteiger partial charge is 0.478 e. The highest BCUT2D eigenvalue weighted by molar-refractivity contribution is 5.88. The van der Waals surface area contributed by atoms with Gasteiger partial charge in [-0.05, 0) is 37.6 Å². The van der Waals surface area contributed by atoms with E-state index < -0.39 is 5.97 Å². The summed E-state index contributed by atoms with van der Waals surface area (Å²) in [5, 5.41) is 12.5. The number of carbonyl (C=O) groups is 1. The Morgan fingerprint density at radius 1 is 1.38 bits per heavy atom. The molecule has 1 rings (SSSR count). The van der Waals surface area contributed by atoms with Crippen molar-refractivity contribution in [2.75, 3.05) is 32.5 Å². The molecule has 0 aliphatic heterocycles. The van der Waals surface area contributed by atoms with Crippen molar-refractivity contribution in [1.82, 2.24) is 9.88 Å². The SMILES string of the molecule is CC(C)c1cc(C(=O)O)cc(NCC(C)(C)CN(C)C)n1. The van der Waals surface area contributed by atoms with Crippen LogP contribution in [0.2, 0.25) is 0 Å². The fraction of sp³-hybridized carbons (Fsp3) is 0.625. The number of anilines is 1. The summed E-state index contributed by atoms with van der Waals surface area (Å²) in [5.41, 5.74) is 1.15. The maximum absolute atomic E-state index is 11.2. The molecule has 0 saturated heterocycles. The van der Waals surface area contributed by atoms with Crippen LogP contribution in [0, 0.1) is 5.41 Å². The molecule has 5 nitrogen and oxygen atoms in total. The van der Waals surface area contributed by atoms with Crippen LogP contribution in [0.4, 0.5) is 5.82 Å². The number of carboxylic acid groups (broad SMARTS) is 1. The predicted molar refractivity (Wildman–Crippen MR) is 86.1 cm³/mol. The molecule has 0 atom stereocenters. The van der Waals surface area contributed by atoms with Gasteiger partial charge in [-0.1, -0.05) is 27.7 Å². The van der Waals surface area contributed by atoms with E-state index in [2.05, 4.69) is 29.0 Å². The second-order valence-electron chi connectivity index (χ2n) is 6.88. The molecule has 0 unspecified atom stereocenters. The van der Waals surface area contributed by atoms with Gasteiger partial charge in [0, 0.05) is 18.8 Å². The molecule has 1 aromatic rings. The zero-order valence-corrected chi connectivity index (χ0v) is 13.9. The minimum atomic E-state index is -0.921. The number of rotatable bonds is 7. The van der Waals surface area contributed by atoms with Crippen LogP contribution in [0.5, 0.6) is 0 Å². The van der Waals surface area contributed by atoms with Gasteiger partial charge in [0.05, 0.1) is 5.56 Å². The Balaban J connectivity index is 2.90. The molecule has 0 radical (unpaired) electrons. The number of aromatic nitrogens is 1. The lowest BCUT2D eigenvalue weighted by Crippen LogP contribution is -2.34. The monoisotopic (exact) mass is 293 g/mol. The average Bonchev–Trinajstić information content (AvgIpc) is 2.34. The van der Waals surface area contributed by atoms with E-state index in [0.29, 0.717) is 5.82 Å². The molecule has 1 aromatic heterocycles. The van der Waals surface area contributed by atoms with E-state index in [1.54, 1.807) is 12.1 Å². The van der Waals surface area contributed by atoms with E-state index in [1.165, 1.54) is 0 Å². The Morgan fingerprint density at radius 3 is 2.48 bits per heavy atom. The third-order valence-corrected chi connectivity index (χ3v) is 3.18. The standard InChI is InChI=1S/C16H27N3O2/c1-11(2)13-7-12(15(20)21)8-14(18-13)17-9-16(3,4)10-19(5)6/h7-8,11H,9-10H2,1-6H3,(H,17,18)(H,20,21). The quantitative estimate of drug-likeness (QED) is 0.809. The topological polar surface area (TPSA) is 65.5 Å². The van der Waals surface area contributed by atoms with E-state index in [1.807, 2.05) is 27.9 Å². The summed E-state index contributed by atoms with van der Waals surface area (Å²) in [6.45, 7) is 10.0. The molecule has 2 N–H and O–H groups in total. The van der Waals surface area contributed by atoms with Gasteiger partial charge in [0.1, 0.15) is 5.82 Å². The number of aromatic carboxylic acids is 1. The zero-order chi connectivity index (χ0) is 16.2. The van der Waals surface area contributed by atoms with Gasteiger partial charge in [0.25, 0.3) is 0 Å². The minimum Gasteiger partial charge on any atom is -0.478 e. The van der Waals surface area contributed by atoms with Crippen molar-refractivity contribution in [2.24, 2.45) is 5.41 Å². The van der Waals surface area contributed by atoms with Crippen molar-refractivity contribution in [1.29, 1.82) is 0 Å². The van der Waals surface area contributed by atoms with Crippen LogP contribution in [0.3, 0.4) is 0 Å². The first-order chi connectivity index (χ1) is 9.60. The van der Waals surface area contributed by atoms with Gasteiger partial charge in [0.2, 0.25) is 0 Å². The molecule has 0 aliphatic carbocycles. The van der Waals surface area contributed by atoms with Gasteiger partial charge >= 0.3 is 5.97 Å². The third kappa shape index (κ3) is 5.71. The molecular weight excluding hydrogens is 266 g/mol. The Kier molecular flexibility index (Phi) is 5.72. The van der Waals surface area contributed by atoms with Crippen molar-refractivity contribution in [3.63, 3.8) is 0 Å². The summed E-state index contributed by atoms with van der Waals surface area (Å²) in [7, 11) is 4.09. The molecule has 1 heterocycles. The summed E-state index contributed by atoms with van der Waals surface area (Å²) >= 11 is 0. The van der Waals surface area contributed by atoms with Crippen molar-refractivity contribution < 1.29 is 9.90 Å². The van der Waals surface area contributed by atoms with Crippen molar-refractivity contribution in [3.05, 3.63) is 23.4 Å². The number of hydrogen-bond acceptors (Lipinski definition) is 4. The summed E-state index contributed by atoms with van der Waals surface area (Å²) in [6.07, 6.45) is 0. The zero-order valence-electron chi connectivity index (χ0n) is 13.9. The molecule has 5 heteroatoms. The molecule has 0 spiro atoms. The molecule has 118 valence electrons. The molecular formula is C16H27N3O2. The lowest BCUT2D eigenvalue weighted by molar-refractivity contribution is 0.0696. The van der Waals surface area contributed by atoms with Crippen LogP contribution in [-0.4, -0.2) is 48.1 Å². The number of nitrogens with zero attached hydrogens (tertiary/aromatic N) is 2. The van der Waals surface area contributed by atoms with Gasteiger partial charge in [-0.25, -0.2) is 9.78 Å². The van der Waals surface area contributed by atoms with Crippen LogP contribution in [0.15, 0.2) is 12.1 Å². The van der Waals surface area contributed by atoms with E-state index in [-0.39, 0.29) is 16.9 Å². The molecule has 0 aromatic carbocycles. The first-order valence-corrected chi connectivity index (χ1v) is 7.24. The number of carboxylic acids is 1. The summed E-state index contributed by atoms with van der Waals surface area (Å²) < 4.78 is 0. The molecule has 0 fully saturated rings. The Labute approximate surface area is 127 Å². The third-order valence-electron chi connectivity index (χ3n) is 3.18. The van der Waals surface area contributed by atoms with Crippen molar-refractivity contribution >= 4 is 11.8 Å². The average molecular weight is 293 g/mol. The van der Waals surface area contributed by atoms with Crippen molar-refractivity contribution in [2.45, 2.75) is 33.6 Å². The maximum atomic E-state index is 11.2. The highest BCUT2D eigenvalue weighted by Crippen LogP contribution is 2.20. The van der Waals surface area contributed by atoms with E-state index in [4.69, 9.17) is 0 Å². The molecule has 0 bridgehead atoms. The molecule has 21 heavy (non-hydrogen) atoms. The normalized spacial score (nSPS) is 12.0. The smallest absolute Gasteiger partial charge is 0.335 e. The first kappa shape index (κ1) is 17.4. The minimum absolute atomic E-state index is 0.0718. The van der Waals surface area contributed by atoms with E-state index >= 15 is 0 Å². The van der Waals surface area contributed by atoms with Gasteiger partial charge in [-0.3, -0.25) is 0 Å². The molecule has 0 amide bonds. The van der Waals surface area contributed by atoms with Gasteiger partial charge < -0.3 is 15.3 Å². The first-order valence-electron chi connectivity index (χ1n) is 7.24. The van der Waals surface area contributed by atoms with Crippen LogP contribution in [-0.2, 0) is 0 Å². The molecule has 0 saturated carbocycles. The van der Waals surface area contributed by atoms with Crippen LogP contribution >= 0.6 is 0 Å². The predicted octanol–water partition coefficient (Wildman–Crippen LogP) is 2.90. The summed E-state index contributed by atoms with van der Waals surface area (Å²) in [4.78, 5) is 17.9. The molecule has 0 aliphatic rings. The van der Waals surface area contributed by atoms with Crippen LogP contribution in [0.1, 0.15) is 49.7 Å². The van der Waals surface area contributed by atoms with Crippen molar-refractivity contribution in [3.8, 4) is 0 Å². The number of nitrogens with one attached hydrogen (secondary N) is 1. The van der Waals surface area contributed by atoms with E-state index in [0.717, 1.165) is 18.8 Å².